The predicted octanol–water partition coefficient (Wildman–Crippen LogP) is 3.80. The van der Waals surface area contributed by atoms with Crippen molar-refractivity contribution >= 4 is 28.4 Å². The molecular weight excluding hydrogens is 268 g/mol. The molecule has 0 bridgehead atoms. The van der Waals surface area contributed by atoms with Gasteiger partial charge in [-0.15, -0.1) is 0 Å². The standard InChI is InChI=1S/C13H11ClN2OS/c1-13(11-7-4-8-17-11)16-15-12(18-13)9-5-2-3-6-10(9)14/h2-8,16H,1H3. The highest BCUT2D eigenvalue weighted by Gasteiger charge is 2.37. The molecule has 18 heavy (non-hydrogen) atoms. The summed E-state index contributed by atoms with van der Waals surface area (Å²) in [5.74, 6) is 0.846. The Kier molecular flexibility index (Phi) is 2.84. The van der Waals surface area contributed by atoms with E-state index in [0.29, 0.717) is 5.02 Å². The van der Waals surface area contributed by atoms with Gasteiger partial charge in [0.1, 0.15) is 10.8 Å². The Bertz CT molecular complexity index is 597. The van der Waals surface area contributed by atoms with Gasteiger partial charge in [0.15, 0.2) is 4.87 Å². The van der Waals surface area contributed by atoms with E-state index in [1.807, 2.05) is 43.3 Å². The maximum Gasteiger partial charge on any atom is 0.160 e. The molecule has 1 aliphatic rings. The van der Waals surface area contributed by atoms with Gasteiger partial charge in [-0.25, -0.2) is 0 Å². The molecule has 3 nitrogen and oxygen atoms in total. The van der Waals surface area contributed by atoms with Gasteiger partial charge in [-0.2, -0.15) is 5.10 Å². The van der Waals surface area contributed by atoms with Crippen LogP contribution in [0.4, 0.5) is 0 Å². The molecule has 0 aliphatic carbocycles. The smallest absolute Gasteiger partial charge is 0.160 e. The van der Waals surface area contributed by atoms with Crippen LogP contribution in [0.2, 0.25) is 5.02 Å². The van der Waals surface area contributed by atoms with Gasteiger partial charge in [0.2, 0.25) is 0 Å². The number of benzene rings is 1. The monoisotopic (exact) mass is 278 g/mol. The highest BCUT2D eigenvalue weighted by molar-refractivity contribution is 8.15. The molecule has 3 rings (SSSR count). The Balaban J connectivity index is 1.90. The molecule has 1 aromatic heterocycles. The largest absolute Gasteiger partial charge is 0.466 e. The zero-order valence-corrected chi connectivity index (χ0v) is 11.3. The normalized spacial score (nSPS) is 22.7. The lowest BCUT2D eigenvalue weighted by Crippen LogP contribution is -2.27. The van der Waals surface area contributed by atoms with Gasteiger partial charge in [-0.3, -0.25) is 5.43 Å². The van der Waals surface area contributed by atoms with Gasteiger partial charge in [-0.05, 0) is 25.1 Å². The van der Waals surface area contributed by atoms with E-state index in [9.17, 15) is 0 Å². The highest BCUT2D eigenvalue weighted by atomic mass is 35.5. The summed E-state index contributed by atoms with van der Waals surface area (Å²) in [7, 11) is 0. The van der Waals surface area contributed by atoms with Crippen molar-refractivity contribution in [2.24, 2.45) is 5.10 Å². The number of halogens is 1. The van der Waals surface area contributed by atoms with E-state index in [2.05, 4.69) is 10.5 Å². The average molecular weight is 279 g/mol. The topological polar surface area (TPSA) is 37.5 Å². The van der Waals surface area contributed by atoms with Gasteiger partial charge in [0.05, 0.1) is 11.3 Å². The van der Waals surface area contributed by atoms with Crippen molar-refractivity contribution in [1.29, 1.82) is 0 Å². The summed E-state index contributed by atoms with van der Waals surface area (Å²) in [4.78, 5) is -0.377. The number of nitrogens with one attached hydrogen (secondary N) is 1. The van der Waals surface area contributed by atoms with Crippen molar-refractivity contribution in [3.05, 3.63) is 59.0 Å². The van der Waals surface area contributed by atoms with E-state index < -0.39 is 0 Å². The van der Waals surface area contributed by atoms with Crippen LogP contribution in [-0.2, 0) is 4.87 Å². The summed E-state index contributed by atoms with van der Waals surface area (Å²) in [5.41, 5.74) is 4.05. The SMILES string of the molecule is CC1(c2ccco2)NN=C(c2ccccc2Cl)S1. The van der Waals surface area contributed by atoms with Crippen molar-refractivity contribution < 1.29 is 4.42 Å². The number of hydrazone groups is 1. The van der Waals surface area contributed by atoms with Crippen LogP contribution < -0.4 is 5.43 Å². The first-order valence-electron chi connectivity index (χ1n) is 5.52. The molecule has 0 radical (unpaired) electrons. The zero-order chi connectivity index (χ0) is 12.6. The highest BCUT2D eigenvalue weighted by Crippen LogP contribution is 2.41. The first kappa shape index (κ1) is 11.7. The number of hydrogen-bond donors (Lipinski definition) is 1. The Morgan fingerprint density at radius 1 is 1.28 bits per heavy atom. The van der Waals surface area contributed by atoms with Crippen molar-refractivity contribution in [2.45, 2.75) is 11.8 Å². The van der Waals surface area contributed by atoms with Crippen LogP contribution in [-0.4, -0.2) is 5.04 Å². The summed E-state index contributed by atoms with van der Waals surface area (Å²) in [6.45, 7) is 2.03. The lowest BCUT2D eigenvalue weighted by molar-refractivity contribution is 0.414. The van der Waals surface area contributed by atoms with Crippen molar-refractivity contribution in [1.82, 2.24) is 5.43 Å². The third-order valence-electron chi connectivity index (χ3n) is 2.77. The fourth-order valence-electron chi connectivity index (χ4n) is 1.80. The maximum absolute atomic E-state index is 6.18. The van der Waals surface area contributed by atoms with Crippen LogP contribution in [0.25, 0.3) is 0 Å². The van der Waals surface area contributed by atoms with Crippen molar-refractivity contribution in [3.8, 4) is 0 Å². The Morgan fingerprint density at radius 2 is 2.11 bits per heavy atom. The van der Waals surface area contributed by atoms with Crippen LogP contribution in [0.15, 0.2) is 52.2 Å². The first-order valence-corrected chi connectivity index (χ1v) is 6.71. The molecule has 1 unspecified atom stereocenters. The third kappa shape index (κ3) is 1.91. The summed E-state index contributed by atoms with van der Waals surface area (Å²) in [5, 5.41) is 5.94. The van der Waals surface area contributed by atoms with Crippen molar-refractivity contribution in [3.63, 3.8) is 0 Å². The minimum Gasteiger partial charge on any atom is -0.466 e. The quantitative estimate of drug-likeness (QED) is 0.908. The van der Waals surface area contributed by atoms with Gasteiger partial charge in [0.25, 0.3) is 0 Å². The molecule has 92 valence electrons. The molecular formula is C13H11ClN2OS. The summed E-state index contributed by atoms with van der Waals surface area (Å²) < 4.78 is 5.45. The van der Waals surface area contributed by atoms with Crippen LogP contribution in [0.3, 0.4) is 0 Å². The van der Waals surface area contributed by atoms with E-state index in [-0.39, 0.29) is 4.87 Å². The van der Waals surface area contributed by atoms with Crippen LogP contribution in [0.1, 0.15) is 18.2 Å². The minimum absolute atomic E-state index is 0.377. The van der Waals surface area contributed by atoms with Gasteiger partial charge < -0.3 is 4.42 Å². The molecule has 0 amide bonds. The first-order chi connectivity index (χ1) is 8.69. The van der Waals surface area contributed by atoms with Crippen LogP contribution in [0, 0.1) is 0 Å². The molecule has 0 fully saturated rings. The number of furan rings is 1. The minimum atomic E-state index is -0.377. The summed E-state index contributed by atoms with van der Waals surface area (Å²) >= 11 is 7.78. The molecule has 1 atom stereocenters. The van der Waals surface area contributed by atoms with E-state index in [0.717, 1.165) is 16.4 Å². The van der Waals surface area contributed by atoms with Crippen molar-refractivity contribution in [2.75, 3.05) is 0 Å². The zero-order valence-electron chi connectivity index (χ0n) is 9.68. The Hall–Kier alpha value is -1.39. The molecule has 0 spiro atoms. The van der Waals surface area contributed by atoms with Crippen LogP contribution in [0.5, 0.6) is 0 Å². The van der Waals surface area contributed by atoms with Gasteiger partial charge in [-0.1, -0.05) is 41.6 Å². The molecule has 0 saturated carbocycles. The van der Waals surface area contributed by atoms with E-state index in [1.165, 1.54) is 0 Å². The lowest BCUT2D eigenvalue weighted by atomic mass is 10.2. The summed E-state index contributed by atoms with van der Waals surface area (Å²) in [6, 6.07) is 11.5. The van der Waals surface area contributed by atoms with Crippen LogP contribution >= 0.6 is 23.4 Å². The lowest BCUT2D eigenvalue weighted by Gasteiger charge is -2.19. The second kappa shape index (κ2) is 4.37. The number of thioether (sulfide) groups is 1. The molecule has 1 N–H and O–H groups in total. The van der Waals surface area contributed by atoms with E-state index in [4.69, 9.17) is 16.0 Å². The Labute approximate surface area is 114 Å². The van der Waals surface area contributed by atoms with E-state index >= 15 is 0 Å². The maximum atomic E-state index is 6.18. The number of rotatable bonds is 2. The Morgan fingerprint density at radius 3 is 2.83 bits per heavy atom. The summed E-state index contributed by atoms with van der Waals surface area (Å²) in [6.07, 6.45) is 1.66. The molecule has 1 aromatic carbocycles. The fraction of sp³-hybridized carbons (Fsp3) is 0.154. The fourth-order valence-corrected chi connectivity index (χ4v) is 3.16. The molecule has 5 heteroatoms. The molecule has 2 heterocycles. The number of nitrogens with zero attached hydrogens (tertiary/aromatic N) is 1. The van der Waals surface area contributed by atoms with E-state index in [1.54, 1.807) is 18.0 Å². The molecule has 1 aliphatic heterocycles. The predicted molar refractivity (Wildman–Crippen MR) is 74.8 cm³/mol. The average Bonchev–Trinajstić information content (AvgIpc) is 2.99. The third-order valence-corrected chi connectivity index (χ3v) is 4.30. The second-order valence-corrected chi connectivity index (χ2v) is 5.94. The van der Waals surface area contributed by atoms with Gasteiger partial charge >= 0.3 is 0 Å². The molecule has 0 saturated heterocycles. The van der Waals surface area contributed by atoms with Gasteiger partial charge in [0, 0.05) is 5.56 Å². The second-order valence-electron chi connectivity index (χ2n) is 4.12. The number of hydrogen-bond acceptors (Lipinski definition) is 4. The molecule has 2 aromatic rings.